The van der Waals surface area contributed by atoms with Gasteiger partial charge in [-0.15, -0.1) is 21.5 Å². The van der Waals surface area contributed by atoms with Crippen molar-refractivity contribution in [3.8, 4) is 5.75 Å². The number of hydrogen-bond acceptors (Lipinski definition) is 5. The Labute approximate surface area is 133 Å². The summed E-state index contributed by atoms with van der Waals surface area (Å²) in [7, 11) is 0. The molecule has 116 valence electrons. The van der Waals surface area contributed by atoms with Gasteiger partial charge in [-0.1, -0.05) is 12.1 Å². The summed E-state index contributed by atoms with van der Waals surface area (Å²) in [5.74, 6) is 0.370. The van der Waals surface area contributed by atoms with Crippen molar-refractivity contribution in [2.24, 2.45) is 0 Å². The third kappa shape index (κ3) is 2.83. The van der Waals surface area contributed by atoms with Crippen LogP contribution in [-0.4, -0.2) is 39.2 Å². The van der Waals surface area contributed by atoms with Gasteiger partial charge in [0.15, 0.2) is 0 Å². The number of aromatic nitrogens is 2. The standard InChI is InChI=1S/C16H19N3O2S/c1-10-4-3-5-13(20)14(10)16(21)19-8-6-12(7-9-19)15-18-17-11(2)22-15/h3-5,12,20H,6-9H2,1-2H3. The lowest BCUT2D eigenvalue weighted by molar-refractivity contribution is 0.0709. The van der Waals surface area contributed by atoms with Gasteiger partial charge in [0.1, 0.15) is 15.8 Å². The molecule has 0 unspecified atom stereocenters. The monoisotopic (exact) mass is 317 g/mol. The highest BCUT2D eigenvalue weighted by Gasteiger charge is 2.28. The molecule has 0 bridgehead atoms. The second-order valence-electron chi connectivity index (χ2n) is 5.69. The summed E-state index contributed by atoms with van der Waals surface area (Å²) >= 11 is 1.64. The summed E-state index contributed by atoms with van der Waals surface area (Å²) in [6.07, 6.45) is 1.79. The molecule has 1 fully saturated rings. The van der Waals surface area contributed by atoms with Gasteiger partial charge in [-0.2, -0.15) is 0 Å². The fourth-order valence-corrected chi connectivity index (χ4v) is 3.76. The summed E-state index contributed by atoms with van der Waals surface area (Å²) in [6, 6.07) is 5.17. The number of aryl methyl sites for hydroxylation is 2. The van der Waals surface area contributed by atoms with Crippen molar-refractivity contribution < 1.29 is 9.90 Å². The zero-order valence-electron chi connectivity index (χ0n) is 12.7. The molecule has 2 aromatic rings. The number of hydrogen-bond donors (Lipinski definition) is 1. The summed E-state index contributed by atoms with van der Waals surface area (Å²) in [5, 5.41) is 20.3. The van der Waals surface area contributed by atoms with Crippen LogP contribution in [0.25, 0.3) is 0 Å². The van der Waals surface area contributed by atoms with E-state index in [2.05, 4.69) is 10.2 Å². The van der Waals surface area contributed by atoms with Gasteiger partial charge in [0.25, 0.3) is 5.91 Å². The third-order valence-corrected chi connectivity index (χ3v) is 5.14. The molecular weight excluding hydrogens is 298 g/mol. The Hall–Kier alpha value is -1.95. The number of aromatic hydroxyl groups is 1. The van der Waals surface area contributed by atoms with Crippen LogP contribution >= 0.6 is 11.3 Å². The van der Waals surface area contributed by atoms with Gasteiger partial charge < -0.3 is 10.0 Å². The molecule has 0 saturated carbocycles. The molecule has 1 amide bonds. The van der Waals surface area contributed by atoms with Crippen LogP contribution in [0.3, 0.4) is 0 Å². The van der Waals surface area contributed by atoms with Gasteiger partial charge in [0, 0.05) is 19.0 Å². The Morgan fingerprint density at radius 3 is 2.59 bits per heavy atom. The highest BCUT2D eigenvalue weighted by atomic mass is 32.1. The number of piperidine rings is 1. The number of rotatable bonds is 2. The Kier molecular flexibility index (Phi) is 4.11. The summed E-state index contributed by atoms with van der Waals surface area (Å²) < 4.78 is 0. The van der Waals surface area contributed by atoms with Crippen molar-refractivity contribution in [1.29, 1.82) is 0 Å². The lowest BCUT2D eigenvalue weighted by Crippen LogP contribution is -2.38. The van der Waals surface area contributed by atoms with Gasteiger partial charge in [0.2, 0.25) is 0 Å². The number of amides is 1. The zero-order chi connectivity index (χ0) is 15.7. The molecule has 1 N–H and O–H groups in total. The third-order valence-electron chi connectivity index (χ3n) is 4.14. The quantitative estimate of drug-likeness (QED) is 0.925. The van der Waals surface area contributed by atoms with E-state index in [1.807, 2.05) is 24.8 Å². The van der Waals surface area contributed by atoms with Crippen LogP contribution in [0.5, 0.6) is 5.75 Å². The van der Waals surface area contributed by atoms with Crippen molar-refractivity contribution in [2.45, 2.75) is 32.6 Å². The van der Waals surface area contributed by atoms with Gasteiger partial charge in [-0.25, -0.2) is 0 Å². The Balaban J connectivity index is 1.70. The molecule has 3 rings (SSSR count). The molecule has 1 aliphatic rings. The van der Waals surface area contributed by atoms with Crippen molar-refractivity contribution in [2.75, 3.05) is 13.1 Å². The van der Waals surface area contributed by atoms with Crippen molar-refractivity contribution in [3.63, 3.8) is 0 Å². The average Bonchev–Trinajstić information content (AvgIpc) is 2.94. The van der Waals surface area contributed by atoms with Gasteiger partial charge in [-0.05, 0) is 38.3 Å². The first-order valence-electron chi connectivity index (χ1n) is 7.44. The lowest BCUT2D eigenvalue weighted by atomic mass is 9.96. The molecule has 1 aliphatic heterocycles. The summed E-state index contributed by atoms with van der Waals surface area (Å²) in [5.41, 5.74) is 1.24. The van der Waals surface area contributed by atoms with Crippen LogP contribution in [0.4, 0.5) is 0 Å². The number of carbonyl (C=O) groups is 1. The maximum absolute atomic E-state index is 12.6. The number of carbonyl (C=O) groups excluding carboxylic acids is 1. The van der Waals surface area contributed by atoms with E-state index in [1.54, 1.807) is 23.5 Å². The minimum Gasteiger partial charge on any atom is -0.507 e. The van der Waals surface area contributed by atoms with Crippen LogP contribution in [0.15, 0.2) is 18.2 Å². The molecule has 1 aromatic carbocycles. The first-order chi connectivity index (χ1) is 10.6. The SMILES string of the molecule is Cc1nnc(C2CCN(C(=O)c3c(C)cccc3O)CC2)s1. The van der Waals surface area contributed by atoms with E-state index < -0.39 is 0 Å². The number of phenols is 1. The van der Waals surface area contributed by atoms with Crippen LogP contribution in [0.2, 0.25) is 0 Å². The van der Waals surface area contributed by atoms with Gasteiger partial charge in [-0.3, -0.25) is 4.79 Å². The fourth-order valence-electron chi connectivity index (χ4n) is 2.89. The molecule has 0 radical (unpaired) electrons. The maximum atomic E-state index is 12.6. The van der Waals surface area contributed by atoms with E-state index >= 15 is 0 Å². The molecule has 0 aliphatic carbocycles. The van der Waals surface area contributed by atoms with E-state index in [4.69, 9.17) is 0 Å². The molecular formula is C16H19N3O2S. The van der Waals surface area contributed by atoms with Crippen LogP contribution in [0, 0.1) is 13.8 Å². The molecule has 5 nitrogen and oxygen atoms in total. The molecule has 0 atom stereocenters. The predicted molar refractivity (Wildman–Crippen MR) is 85.4 cm³/mol. The van der Waals surface area contributed by atoms with Gasteiger partial charge in [0.05, 0.1) is 5.56 Å². The van der Waals surface area contributed by atoms with E-state index in [-0.39, 0.29) is 11.7 Å². The molecule has 0 spiro atoms. The van der Waals surface area contributed by atoms with E-state index in [9.17, 15) is 9.90 Å². The van der Waals surface area contributed by atoms with E-state index in [0.717, 1.165) is 28.4 Å². The topological polar surface area (TPSA) is 66.3 Å². The first kappa shape index (κ1) is 15.0. The normalized spacial score (nSPS) is 16.0. The maximum Gasteiger partial charge on any atom is 0.257 e. The van der Waals surface area contributed by atoms with Crippen molar-refractivity contribution >= 4 is 17.2 Å². The Bertz CT molecular complexity index is 670. The molecule has 2 heterocycles. The average molecular weight is 317 g/mol. The smallest absolute Gasteiger partial charge is 0.257 e. The highest BCUT2D eigenvalue weighted by Crippen LogP contribution is 2.31. The van der Waals surface area contributed by atoms with Crippen LogP contribution in [-0.2, 0) is 0 Å². The van der Waals surface area contributed by atoms with Crippen LogP contribution in [0.1, 0.15) is 44.7 Å². The number of benzene rings is 1. The largest absolute Gasteiger partial charge is 0.507 e. The second-order valence-corrected chi connectivity index (χ2v) is 6.91. The lowest BCUT2D eigenvalue weighted by Gasteiger charge is -2.31. The number of phenolic OH excluding ortho intramolecular Hbond substituents is 1. The second kappa shape index (κ2) is 6.04. The van der Waals surface area contributed by atoms with E-state index in [0.29, 0.717) is 24.6 Å². The Morgan fingerprint density at radius 1 is 1.27 bits per heavy atom. The van der Waals surface area contributed by atoms with Crippen molar-refractivity contribution in [1.82, 2.24) is 15.1 Å². The molecule has 1 aromatic heterocycles. The van der Waals surface area contributed by atoms with E-state index in [1.165, 1.54) is 0 Å². The summed E-state index contributed by atoms with van der Waals surface area (Å²) in [4.78, 5) is 14.5. The fraction of sp³-hybridized carbons (Fsp3) is 0.438. The minimum absolute atomic E-state index is 0.0619. The highest BCUT2D eigenvalue weighted by molar-refractivity contribution is 7.11. The van der Waals surface area contributed by atoms with Crippen LogP contribution < -0.4 is 0 Å². The zero-order valence-corrected chi connectivity index (χ0v) is 13.6. The minimum atomic E-state index is -0.0810. The Morgan fingerprint density at radius 2 is 2.00 bits per heavy atom. The van der Waals surface area contributed by atoms with Crippen molar-refractivity contribution in [3.05, 3.63) is 39.3 Å². The number of likely N-dealkylation sites (tertiary alicyclic amines) is 1. The number of nitrogens with zero attached hydrogens (tertiary/aromatic N) is 3. The predicted octanol–water partition coefficient (Wildman–Crippen LogP) is 2.88. The molecule has 6 heteroatoms. The molecule has 1 saturated heterocycles. The summed E-state index contributed by atoms with van der Waals surface area (Å²) in [6.45, 7) is 5.19. The van der Waals surface area contributed by atoms with Gasteiger partial charge >= 0.3 is 0 Å². The first-order valence-corrected chi connectivity index (χ1v) is 8.25. The molecule has 22 heavy (non-hydrogen) atoms.